The van der Waals surface area contributed by atoms with Crippen LogP contribution in [0.1, 0.15) is 25.0 Å². The SMILES string of the molecule is Cc1cc(-c2onc(N)c2CC(C)C)ccc1Cl. The smallest absolute Gasteiger partial charge is 0.172 e. The molecule has 0 amide bonds. The molecule has 0 radical (unpaired) electrons. The Bertz CT molecular complexity index is 561. The Hall–Kier alpha value is -1.48. The Morgan fingerprint density at radius 1 is 1.39 bits per heavy atom. The highest BCUT2D eigenvalue weighted by molar-refractivity contribution is 6.31. The molecular formula is C14H17ClN2O. The van der Waals surface area contributed by atoms with Gasteiger partial charge in [-0.3, -0.25) is 0 Å². The van der Waals surface area contributed by atoms with E-state index in [1.165, 1.54) is 0 Å². The monoisotopic (exact) mass is 264 g/mol. The lowest BCUT2D eigenvalue weighted by Crippen LogP contribution is -1.99. The Kier molecular flexibility index (Phi) is 3.62. The summed E-state index contributed by atoms with van der Waals surface area (Å²) in [6, 6.07) is 5.79. The van der Waals surface area contributed by atoms with E-state index in [-0.39, 0.29) is 0 Å². The van der Waals surface area contributed by atoms with E-state index in [4.69, 9.17) is 21.9 Å². The van der Waals surface area contributed by atoms with Gasteiger partial charge in [0.05, 0.1) is 0 Å². The van der Waals surface area contributed by atoms with Crippen LogP contribution in [0.5, 0.6) is 0 Å². The molecule has 1 aromatic heterocycles. The third kappa shape index (κ3) is 2.51. The zero-order valence-electron chi connectivity index (χ0n) is 10.8. The second-order valence-corrected chi connectivity index (χ2v) is 5.34. The van der Waals surface area contributed by atoms with Crippen molar-refractivity contribution in [1.29, 1.82) is 0 Å². The first-order valence-corrected chi connectivity index (χ1v) is 6.37. The largest absolute Gasteiger partial charge is 0.381 e. The molecule has 0 aliphatic rings. The maximum absolute atomic E-state index is 6.03. The Morgan fingerprint density at radius 3 is 2.72 bits per heavy atom. The maximum Gasteiger partial charge on any atom is 0.172 e. The fourth-order valence-electron chi connectivity index (χ4n) is 1.94. The van der Waals surface area contributed by atoms with Crippen LogP contribution in [0.25, 0.3) is 11.3 Å². The molecule has 1 aromatic carbocycles. The zero-order valence-corrected chi connectivity index (χ0v) is 11.6. The third-order valence-electron chi connectivity index (χ3n) is 2.85. The summed E-state index contributed by atoms with van der Waals surface area (Å²) < 4.78 is 5.36. The van der Waals surface area contributed by atoms with Crippen molar-refractivity contribution in [3.8, 4) is 11.3 Å². The fraction of sp³-hybridized carbons (Fsp3) is 0.357. The van der Waals surface area contributed by atoms with Gasteiger partial charge in [-0.05, 0) is 43.0 Å². The van der Waals surface area contributed by atoms with Gasteiger partial charge in [0.2, 0.25) is 0 Å². The molecule has 0 bridgehead atoms. The topological polar surface area (TPSA) is 52.0 Å². The van der Waals surface area contributed by atoms with Crippen molar-refractivity contribution >= 4 is 17.4 Å². The van der Waals surface area contributed by atoms with Crippen LogP contribution >= 0.6 is 11.6 Å². The van der Waals surface area contributed by atoms with Crippen LogP contribution in [0.15, 0.2) is 22.7 Å². The first kappa shape index (κ1) is 13.0. The number of aryl methyl sites for hydroxylation is 1. The lowest BCUT2D eigenvalue weighted by molar-refractivity contribution is 0.434. The molecule has 3 nitrogen and oxygen atoms in total. The van der Waals surface area contributed by atoms with Crippen molar-refractivity contribution in [3.63, 3.8) is 0 Å². The zero-order chi connectivity index (χ0) is 13.3. The van der Waals surface area contributed by atoms with Gasteiger partial charge in [0.1, 0.15) is 0 Å². The molecule has 0 saturated heterocycles. The minimum absolute atomic E-state index is 0.478. The number of nitrogens with two attached hydrogens (primary N) is 1. The molecule has 2 rings (SSSR count). The van der Waals surface area contributed by atoms with Crippen molar-refractivity contribution in [2.45, 2.75) is 27.2 Å². The van der Waals surface area contributed by atoms with E-state index in [1.54, 1.807) is 0 Å². The van der Waals surface area contributed by atoms with Gasteiger partial charge in [0.25, 0.3) is 0 Å². The van der Waals surface area contributed by atoms with Crippen molar-refractivity contribution in [2.75, 3.05) is 5.73 Å². The summed E-state index contributed by atoms with van der Waals surface area (Å²) >= 11 is 6.03. The molecule has 2 N–H and O–H groups in total. The van der Waals surface area contributed by atoms with Crippen molar-refractivity contribution in [1.82, 2.24) is 5.16 Å². The van der Waals surface area contributed by atoms with Crippen LogP contribution in [0.3, 0.4) is 0 Å². The number of hydrogen-bond donors (Lipinski definition) is 1. The second kappa shape index (κ2) is 5.02. The normalized spacial score (nSPS) is 11.2. The van der Waals surface area contributed by atoms with Crippen LogP contribution < -0.4 is 5.73 Å². The molecule has 96 valence electrons. The Morgan fingerprint density at radius 2 is 2.11 bits per heavy atom. The molecule has 0 unspecified atom stereocenters. The van der Waals surface area contributed by atoms with Crippen molar-refractivity contribution < 1.29 is 4.52 Å². The second-order valence-electron chi connectivity index (χ2n) is 4.94. The first-order valence-electron chi connectivity index (χ1n) is 5.99. The first-order chi connectivity index (χ1) is 8.49. The molecule has 2 aromatic rings. The minimum Gasteiger partial charge on any atom is -0.381 e. The number of benzene rings is 1. The van der Waals surface area contributed by atoms with Gasteiger partial charge in [0, 0.05) is 16.1 Å². The summed E-state index contributed by atoms with van der Waals surface area (Å²) in [6.45, 7) is 6.25. The molecule has 0 saturated carbocycles. The number of nitrogens with zero attached hydrogens (tertiary/aromatic N) is 1. The van der Waals surface area contributed by atoms with E-state index >= 15 is 0 Å². The Labute approximate surface area is 112 Å². The number of rotatable bonds is 3. The molecule has 0 aliphatic heterocycles. The fourth-order valence-corrected chi connectivity index (χ4v) is 2.06. The average molecular weight is 265 g/mol. The summed E-state index contributed by atoms with van der Waals surface area (Å²) in [4.78, 5) is 0. The quantitative estimate of drug-likeness (QED) is 0.909. The van der Waals surface area contributed by atoms with Crippen LogP contribution in [0.2, 0.25) is 5.02 Å². The van der Waals surface area contributed by atoms with E-state index in [1.807, 2.05) is 25.1 Å². The van der Waals surface area contributed by atoms with Crippen LogP contribution in [0.4, 0.5) is 5.82 Å². The molecule has 0 fully saturated rings. The number of anilines is 1. The van der Waals surface area contributed by atoms with Gasteiger partial charge < -0.3 is 10.3 Å². The lowest BCUT2D eigenvalue weighted by Gasteiger charge is -2.06. The standard InChI is InChI=1S/C14H17ClN2O/c1-8(2)6-11-13(18-17-14(11)16)10-4-5-12(15)9(3)7-10/h4-5,7-8H,6H2,1-3H3,(H2,16,17). The summed E-state index contributed by atoms with van der Waals surface area (Å²) in [5.41, 5.74) is 8.83. The molecule has 4 heteroatoms. The molecule has 1 heterocycles. The molecule has 0 spiro atoms. The Balaban J connectivity index is 2.47. The van der Waals surface area contributed by atoms with E-state index in [9.17, 15) is 0 Å². The van der Waals surface area contributed by atoms with Crippen LogP contribution in [0, 0.1) is 12.8 Å². The van der Waals surface area contributed by atoms with E-state index in [0.717, 1.165) is 33.9 Å². The lowest BCUT2D eigenvalue weighted by atomic mass is 9.99. The molecule has 0 atom stereocenters. The highest BCUT2D eigenvalue weighted by Gasteiger charge is 2.17. The van der Waals surface area contributed by atoms with Crippen molar-refractivity contribution in [3.05, 3.63) is 34.3 Å². The number of halogens is 1. The van der Waals surface area contributed by atoms with E-state index in [0.29, 0.717) is 11.7 Å². The molecule has 18 heavy (non-hydrogen) atoms. The van der Waals surface area contributed by atoms with E-state index in [2.05, 4.69) is 19.0 Å². The summed E-state index contributed by atoms with van der Waals surface area (Å²) in [5, 5.41) is 4.61. The van der Waals surface area contributed by atoms with Gasteiger partial charge in [-0.15, -0.1) is 0 Å². The average Bonchev–Trinajstić information content (AvgIpc) is 2.64. The van der Waals surface area contributed by atoms with Gasteiger partial charge >= 0.3 is 0 Å². The summed E-state index contributed by atoms with van der Waals surface area (Å²) in [6.07, 6.45) is 0.854. The summed E-state index contributed by atoms with van der Waals surface area (Å²) in [5.74, 6) is 1.73. The van der Waals surface area contributed by atoms with Crippen LogP contribution in [-0.4, -0.2) is 5.16 Å². The minimum atomic E-state index is 0.478. The number of hydrogen-bond acceptors (Lipinski definition) is 3. The van der Waals surface area contributed by atoms with E-state index < -0.39 is 0 Å². The van der Waals surface area contributed by atoms with Gasteiger partial charge in [-0.2, -0.15) is 0 Å². The third-order valence-corrected chi connectivity index (χ3v) is 3.28. The predicted octanol–water partition coefficient (Wildman–Crippen LogP) is 4.08. The van der Waals surface area contributed by atoms with Gasteiger partial charge in [0.15, 0.2) is 11.6 Å². The number of nitrogen functional groups attached to an aromatic ring is 1. The van der Waals surface area contributed by atoms with Crippen LogP contribution in [-0.2, 0) is 6.42 Å². The maximum atomic E-state index is 6.03. The summed E-state index contributed by atoms with van der Waals surface area (Å²) in [7, 11) is 0. The van der Waals surface area contributed by atoms with Gasteiger partial charge in [-0.1, -0.05) is 30.6 Å². The molecular weight excluding hydrogens is 248 g/mol. The predicted molar refractivity (Wildman–Crippen MR) is 74.6 cm³/mol. The highest BCUT2D eigenvalue weighted by atomic mass is 35.5. The highest BCUT2D eigenvalue weighted by Crippen LogP contribution is 2.31. The van der Waals surface area contributed by atoms with Crippen molar-refractivity contribution in [2.24, 2.45) is 5.92 Å². The number of aromatic nitrogens is 1. The molecule has 0 aliphatic carbocycles. The van der Waals surface area contributed by atoms with Gasteiger partial charge in [-0.25, -0.2) is 0 Å².